The van der Waals surface area contributed by atoms with Crippen molar-refractivity contribution in [3.8, 4) is 0 Å². The zero-order chi connectivity index (χ0) is 14.0. The summed E-state index contributed by atoms with van der Waals surface area (Å²) in [4.78, 5) is 17.0. The minimum absolute atomic E-state index is 0.0880. The third-order valence-electron chi connectivity index (χ3n) is 3.04. The first-order chi connectivity index (χ1) is 8.99. The Morgan fingerprint density at radius 1 is 1.37 bits per heavy atom. The predicted octanol–water partition coefficient (Wildman–Crippen LogP) is 3.11. The summed E-state index contributed by atoms with van der Waals surface area (Å²) in [5, 5.41) is 10.3. The van der Waals surface area contributed by atoms with Crippen molar-refractivity contribution in [1.82, 2.24) is 4.98 Å². The van der Waals surface area contributed by atoms with E-state index in [4.69, 9.17) is 16.7 Å². The lowest BCUT2D eigenvalue weighted by Crippen LogP contribution is -2.21. The highest BCUT2D eigenvalue weighted by molar-refractivity contribution is 6.35. The van der Waals surface area contributed by atoms with Gasteiger partial charge in [-0.25, -0.2) is 4.98 Å². The molecule has 1 aromatic heterocycles. The van der Waals surface area contributed by atoms with E-state index in [1.807, 2.05) is 43.1 Å². The normalized spacial score (nSPS) is 10.7. The molecule has 0 bridgehead atoms. The van der Waals surface area contributed by atoms with Gasteiger partial charge in [-0.1, -0.05) is 17.7 Å². The number of carbonyl (C=O) groups is 1. The zero-order valence-corrected chi connectivity index (χ0v) is 11.6. The first-order valence-electron chi connectivity index (χ1n) is 5.98. The van der Waals surface area contributed by atoms with Gasteiger partial charge in [0.1, 0.15) is 5.82 Å². The van der Waals surface area contributed by atoms with Crippen LogP contribution in [0.4, 0.5) is 5.82 Å². The van der Waals surface area contributed by atoms with Crippen LogP contribution in [0, 0.1) is 6.92 Å². The number of hydrogen-bond acceptors (Lipinski definition) is 3. The Hall–Kier alpha value is -1.81. The molecule has 5 heteroatoms. The third-order valence-corrected chi connectivity index (χ3v) is 3.37. The summed E-state index contributed by atoms with van der Waals surface area (Å²) >= 11 is 6.13. The van der Waals surface area contributed by atoms with E-state index in [1.165, 1.54) is 0 Å². The van der Waals surface area contributed by atoms with Crippen LogP contribution in [0.3, 0.4) is 0 Å². The number of anilines is 1. The van der Waals surface area contributed by atoms with Crippen LogP contribution < -0.4 is 4.90 Å². The molecular formula is C14H15ClN2O2. The summed E-state index contributed by atoms with van der Waals surface area (Å²) in [5.41, 5.74) is 1.90. The monoisotopic (exact) mass is 278 g/mol. The van der Waals surface area contributed by atoms with Gasteiger partial charge in [0.15, 0.2) is 0 Å². The number of aromatic nitrogens is 1. The van der Waals surface area contributed by atoms with Crippen LogP contribution in [0.2, 0.25) is 5.02 Å². The largest absolute Gasteiger partial charge is 0.481 e. The fraction of sp³-hybridized carbons (Fsp3) is 0.286. The summed E-state index contributed by atoms with van der Waals surface area (Å²) in [6, 6.07) is 7.56. The SMILES string of the molecule is Cc1ccc(Cl)c2ccc(N(C)CCC(=O)O)nc12. The average molecular weight is 279 g/mol. The molecule has 0 aliphatic carbocycles. The molecule has 0 saturated carbocycles. The quantitative estimate of drug-likeness (QED) is 0.934. The number of nitrogens with zero attached hydrogens (tertiary/aromatic N) is 2. The van der Waals surface area contributed by atoms with E-state index < -0.39 is 5.97 Å². The first kappa shape index (κ1) is 13.6. The van der Waals surface area contributed by atoms with Gasteiger partial charge in [-0.3, -0.25) is 4.79 Å². The molecule has 1 heterocycles. The van der Waals surface area contributed by atoms with Crippen LogP contribution >= 0.6 is 11.6 Å². The lowest BCUT2D eigenvalue weighted by molar-refractivity contribution is -0.136. The summed E-state index contributed by atoms with van der Waals surface area (Å²) in [7, 11) is 1.83. The van der Waals surface area contributed by atoms with Gasteiger partial charge in [-0.15, -0.1) is 0 Å². The van der Waals surface area contributed by atoms with E-state index >= 15 is 0 Å². The van der Waals surface area contributed by atoms with Crippen molar-refractivity contribution in [1.29, 1.82) is 0 Å². The molecule has 1 aromatic carbocycles. The van der Waals surface area contributed by atoms with Gasteiger partial charge in [0.05, 0.1) is 11.9 Å². The maximum absolute atomic E-state index is 10.6. The Morgan fingerprint density at radius 3 is 2.79 bits per heavy atom. The Bertz CT molecular complexity index is 628. The highest BCUT2D eigenvalue weighted by atomic mass is 35.5. The molecule has 0 unspecified atom stereocenters. The van der Waals surface area contributed by atoms with Crippen LogP contribution in [0.25, 0.3) is 10.9 Å². The zero-order valence-electron chi connectivity index (χ0n) is 10.9. The molecule has 100 valence electrons. The molecule has 0 aliphatic heterocycles. The molecule has 2 rings (SSSR count). The number of rotatable bonds is 4. The second-order valence-corrected chi connectivity index (χ2v) is 4.90. The number of aryl methyl sites for hydroxylation is 1. The van der Waals surface area contributed by atoms with Crippen LogP contribution in [-0.4, -0.2) is 29.7 Å². The highest BCUT2D eigenvalue weighted by Crippen LogP contribution is 2.26. The Morgan fingerprint density at radius 2 is 2.11 bits per heavy atom. The van der Waals surface area contributed by atoms with E-state index in [0.717, 1.165) is 22.3 Å². The van der Waals surface area contributed by atoms with Crippen molar-refractivity contribution >= 4 is 34.3 Å². The van der Waals surface area contributed by atoms with Crippen LogP contribution in [0.15, 0.2) is 24.3 Å². The number of halogens is 1. The molecule has 0 radical (unpaired) electrons. The van der Waals surface area contributed by atoms with Crippen molar-refractivity contribution in [3.63, 3.8) is 0 Å². The summed E-state index contributed by atoms with van der Waals surface area (Å²) in [6.45, 7) is 2.40. The summed E-state index contributed by atoms with van der Waals surface area (Å²) < 4.78 is 0. The third kappa shape index (κ3) is 2.96. The Balaban J connectivity index is 2.36. The number of carboxylic acid groups (broad SMARTS) is 1. The number of benzene rings is 1. The van der Waals surface area contributed by atoms with Crippen molar-refractivity contribution in [2.75, 3.05) is 18.5 Å². The van der Waals surface area contributed by atoms with Crippen molar-refractivity contribution < 1.29 is 9.90 Å². The molecular weight excluding hydrogens is 264 g/mol. The Labute approximate surface area is 116 Å². The van der Waals surface area contributed by atoms with E-state index in [1.54, 1.807) is 0 Å². The fourth-order valence-corrected chi connectivity index (χ4v) is 2.12. The lowest BCUT2D eigenvalue weighted by atomic mass is 10.1. The summed E-state index contributed by atoms with van der Waals surface area (Å²) in [5.74, 6) is -0.0639. The smallest absolute Gasteiger partial charge is 0.305 e. The second kappa shape index (κ2) is 5.45. The molecule has 0 saturated heterocycles. The minimum atomic E-state index is -0.813. The van der Waals surface area contributed by atoms with Crippen LogP contribution in [0.1, 0.15) is 12.0 Å². The molecule has 0 aliphatic rings. The molecule has 2 aromatic rings. The van der Waals surface area contributed by atoms with E-state index in [-0.39, 0.29) is 6.42 Å². The van der Waals surface area contributed by atoms with Gasteiger partial charge in [0.25, 0.3) is 0 Å². The average Bonchev–Trinajstić information content (AvgIpc) is 2.40. The number of aliphatic carboxylic acids is 1. The van der Waals surface area contributed by atoms with Gasteiger partial charge in [0, 0.05) is 24.0 Å². The molecule has 4 nitrogen and oxygen atoms in total. The number of carboxylic acids is 1. The van der Waals surface area contributed by atoms with E-state index in [9.17, 15) is 4.79 Å². The van der Waals surface area contributed by atoms with Gasteiger partial charge in [-0.2, -0.15) is 0 Å². The van der Waals surface area contributed by atoms with Crippen LogP contribution in [0.5, 0.6) is 0 Å². The maximum atomic E-state index is 10.6. The molecule has 0 amide bonds. The standard InChI is InChI=1S/C14H15ClN2O2/c1-9-3-5-11(15)10-4-6-12(16-14(9)10)17(2)8-7-13(18)19/h3-6H,7-8H2,1-2H3,(H,18,19). The molecule has 0 spiro atoms. The Kier molecular flexibility index (Phi) is 3.90. The lowest BCUT2D eigenvalue weighted by Gasteiger charge is -2.18. The topological polar surface area (TPSA) is 53.4 Å². The van der Waals surface area contributed by atoms with Gasteiger partial charge >= 0.3 is 5.97 Å². The van der Waals surface area contributed by atoms with Crippen molar-refractivity contribution in [2.45, 2.75) is 13.3 Å². The predicted molar refractivity (Wildman–Crippen MR) is 77.0 cm³/mol. The second-order valence-electron chi connectivity index (χ2n) is 4.50. The molecule has 1 N–H and O–H groups in total. The number of fused-ring (bicyclic) bond motifs is 1. The fourth-order valence-electron chi connectivity index (χ4n) is 1.90. The molecule has 19 heavy (non-hydrogen) atoms. The first-order valence-corrected chi connectivity index (χ1v) is 6.35. The van der Waals surface area contributed by atoms with Gasteiger partial charge < -0.3 is 10.0 Å². The van der Waals surface area contributed by atoms with Gasteiger partial charge in [-0.05, 0) is 30.7 Å². The number of hydrogen-bond donors (Lipinski definition) is 1. The van der Waals surface area contributed by atoms with Crippen molar-refractivity contribution in [2.24, 2.45) is 0 Å². The highest BCUT2D eigenvalue weighted by Gasteiger charge is 2.09. The minimum Gasteiger partial charge on any atom is -0.481 e. The van der Waals surface area contributed by atoms with Gasteiger partial charge in [0.2, 0.25) is 0 Å². The number of pyridine rings is 1. The van der Waals surface area contributed by atoms with Crippen molar-refractivity contribution in [3.05, 3.63) is 34.9 Å². The van der Waals surface area contributed by atoms with E-state index in [0.29, 0.717) is 11.6 Å². The molecule has 0 fully saturated rings. The molecule has 0 atom stereocenters. The van der Waals surface area contributed by atoms with Crippen LogP contribution in [-0.2, 0) is 4.79 Å². The van der Waals surface area contributed by atoms with E-state index in [2.05, 4.69) is 4.98 Å². The maximum Gasteiger partial charge on any atom is 0.305 e. The summed E-state index contributed by atoms with van der Waals surface area (Å²) in [6.07, 6.45) is 0.0880.